The van der Waals surface area contributed by atoms with Crippen LogP contribution in [0.2, 0.25) is 0 Å². The molecule has 1 N–H and O–H groups in total. The molecular formula is C17H23IN2. The summed E-state index contributed by atoms with van der Waals surface area (Å²) in [5.74, 6) is 0. The zero-order valence-corrected chi connectivity index (χ0v) is 14.5. The van der Waals surface area contributed by atoms with Crippen molar-refractivity contribution in [1.29, 1.82) is 0 Å². The van der Waals surface area contributed by atoms with E-state index in [9.17, 15) is 0 Å². The minimum absolute atomic E-state index is 0.643. The molecule has 0 amide bonds. The molecule has 0 heterocycles. The molecule has 1 aromatic rings. The first-order chi connectivity index (χ1) is 9.63. The number of halogens is 1. The Morgan fingerprint density at radius 2 is 1.90 bits per heavy atom. The smallest absolute Gasteiger partial charge is 0.0419 e. The third-order valence-corrected chi connectivity index (χ3v) is 5.34. The van der Waals surface area contributed by atoms with Gasteiger partial charge in [0.25, 0.3) is 0 Å². The molecule has 0 bridgehead atoms. The summed E-state index contributed by atoms with van der Waals surface area (Å²) < 4.78 is 1.45. The van der Waals surface area contributed by atoms with Gasteiger partial charge >= 0.3 is 0 Å². The summed E-state index contributed by atoms with van der Waals surface area (Å²) in [5, 5.41) is 3.79. The van der Waals surface area contributed by atoms with Gasteiger partial charge in [-0.25, -0.2) is 0 Å². The third-order valence-electron chi connectivity index (χ3n) is 4.64. The van der Waals surface area contributed by atoms with Crippen LogP contribution in [0.25, 0.3) is 6.08 Å². The third kappa shape index (κ3) is 3.03. The largest absolute Gasteiger partial charge is 0.382 e. The minimum Gasteiger partial charge on any atom is -0.382 e. The van der Waals surface area contributed by atoms with E-state index in [1.165, 1.54) is 46.1 Å². The van der Waals surface area contributed by atoms with E-state index in [2.05, 4.69) is 71.2 Å². The van der Waals surface area contributed by atoms with Crippen LogP contribution in [0.5, 0.6) is 0 Å². The van der Waals surface area contributed by atoms with Gasteiger partial charge in [0.05, 0.1) is 0 Å². The standard InChI is InChI=1S/C17H23IN2/c1-20(2)15-8-6-14(7-9-15)19-17-5-3-4-12-10-13(18)11-16(12)17/h3-5,11,14-15,19H,6-10H2,1-2H3. The fraction of sp³-hybridized carbons (Fsp3) is 0.529. The van der Waals surface area contributed by atoms with Crippen LogP contribution >= 0.6 is 22.6 Å². The van der Waals surface area contributed by atoms with Crippen LogP contribution < -0.4 is 5.32 Å². The lowest BCUT2D eigenvalue weighted by molar-refractivity contribution is 0.221. The molecule has 0 radical (unpaired) electrons. The van der Waals surface area contributed by atoms with Crippen molar-refractivity contribution in [2.75, 3.05) is 19.4 Å². The number of nitrogens with zero attached hydrogens (tertiary/aromatic N) is 1. The Morgan fingerprint density at radius 1 is 1.15 bits per heavy atom. The van der Waals surface area contributed by atoms with E-state index in [4.69, 9.17) is 0 Å². The van der Waals surface area contributed by atoms with Gasteiger partial charge in [-0.3, -0.25) is 0 Å². The van der Waals surface area contributed by atoms with Crippen LogP contribution in [0.15, 0.2) is 21.8 Å². The van der Waals surface area contributed by atoms with Crippen molar-refractivity contribution in [1.82, 2.24) is 4.90 Å². The van der Waals surface area contributed by atoms with Gasteiger partial charge < -0.3 is 10.2 Å². The highest BCUT2D eigenvalue weighted by Gasteiger charge is 2.23. The number of fused-ring (bicyclic) bond motifs is 1. The summed E-state index contributed by atoms with van der Waals surface area (Å²) in [4.78, 5) is 2.38. The van der Waals surface area contributed by atoms with E-state index >= 15 is 0 Å². The molecule has 2 aliphatic rings. The summed E-state index contributed by atoms with van der Waals surface area (Å²) >= 11 is 2.45. The molecule has 2 nitrogen and oxygen atoms in total. The molecule has 3 heteroatoms. The molecule has 2 aliphatic carbocycles. The molecular weight excluding hydrogens is 359 g/mol. The highest BCUT2D eigenvalue weighted by atomic mass is 127. The Morgan fingerprint density at radius 3 is 2.60 bits per heavy atom. The van der Waals surface area contributed by atoms with Gasteiger partial charge in [-0.1, -0.05) is 12.1 Å². The first-order valence-electron chi connectivity index (χ1n) is 7.54. The number of anilines is 1. The van der Waals surface area contributed by atoms with Crippen molar-refractivity contribution in [2.24, 2.45) is 0 Å². The summed E-state index contributed by atoms with van der Waals surface area (Å²) in [6.07, 6.45) is 8.64. The van der Waals surface area contributed by atoms with Crippen LogP contribution in [0.1, 0.15) is 36.8 Å². The number of allylic oxidation sites excluding steroid dienone is 1. The molecule has 0 unspecified atom stereocenters. The van der Waals surface area contributed by atoms with E-state index in [0.29, 0.717) is 6.04 Å². The number of hydrogen-bond donors (Lipinski definition) is 1. The average Bonchev–Trinajstić information content (AvgIpc) is 2.81. The minimum atomic E-state index is 0.643. The predicted octanol–water partition coefficient (Wildman–Crippen LogP) is 4.30. The molecule has 0 spiro atoms. The van der Waals surface area contributed by atoms with E-state index < -0.39 is 0 Å². The first-order valence-corrected chi connectivity index (χ1v) is 8.62. The Labute approximate surface area is 135 Å². The van der Waals surface area contributed by atoms with E-state index in [1.54, 1.807) is 0 Å². The fourth-order valence-electron chi connectivity index (χ4n) is 3.41. The van der Waals surface area contributed by atoms with E-state index in [1.807, 2.05) is 0 Å². The quantitative estimate of drug-likeness (QED) is 0.785. The molecule has 1 fully saturated rings. The van der Waals surface area contributed by atoms with Crippen molar-refractivity contribution in [3.8, 4) is 0 Å². The second-order valence-corrected chi connectivity index (χ2v) is 7.65. The summed E-state index contributed by atoms with van der Waals surface area (Å²) in [7, 11) is 4.41. The maximum atomic E-state index is 3.79. The summed E-state index contributed by atoms with van der Waals surface area (Å²) in [6, 6.07) is 8.10. The van der Waals surface area contributed by atoms with E-state index in [0.717, 1.165) is 12.5 Å². The SMILES string of the molecule is CN(C)C1CCC(Nc2cccc3c2C=C(I)C3)CC1. The van der Waals surface area contributed by atoms with Gasteiger partial charge in [0.15, 0.2) is 0 Å². The van der Waals surface area contributed by atoms with Crippen LogP contribution in [0, 0.1) is 0 Å². The Hall–Kier alpha value is -0.550. The molecule has 1 saturated carbocycles. The van der Waals surface area contributed by atoms with Gasteiger partial charge in [-0.05, 0) is 83.7 Å². The van der Waals surface area contributed by atoms with Crippen molar-refractivity contribution in [3.05, 3.63) is 32.9 Å². The zero-order chi connectivity index (χ0) is 14.1. The first kappa shape index (κ1) is 14.4. The van der Waals surface area contributed by atoms with Crippen LogP contribution in [-0.4, -0.2) is 31.1 Å². The maximum Gasteiger partial charge on any atom is 0.0419 e. The van der Waals surface area contributed by atoms with Crippen LogP contribution in [0.3, 0.4) is 0 Å². The number of rotatable bonds is 3. The molecule has 108 valence electrons. The molecule has 1 aromatic carbocycles. The Kier molecular flexibility index (Phi) is 4.36. The normalized spacial score (nSPS) is 25.5. The second kappa shape index (κ2) is 6.06. The Balaban J connectivity index is 1.67. The van der Waals surface area contributed by atoms with Gasteiger partial charge in [-0.2, -0.15) is 0 Å². The molecule has 0 saturated heterocycles. The molecule has 20 heavy (non-hydrogen) atoms. The second-order valence-electron chi connectivity index (χ2n) is 6.26. The maximum absolute atomic E-state index is 3.79. The number of hydrogen-bond acceptors (Lipinski definition) is 2. The van der Waals surface area contributed by atoms with Crippen molar-refractivity contribution < 1.29 is 0 Å². The van der Waals surface area contributed by atoms with Crippen LogP contribution in [0.4, 0.5) is 5.69 Å². The molecule has 0 atom stereocenters. The molecule has 3 rings (SSSR count). The topological polar surface area (TPSA) is 15.3 Å². The monoisotopic (exact) mass is 382 g/mol. The van der Waals surface area contributed by atoms with Crippen molar-refractivity contribution in [3.63, 3.8) is 0 Å². The Bertz CT molecular complexity index is 514. The summed E-state index contributed by atoms with van der Waals surface area (Å²) in [6.45, 7) is 0. The van der Waals surface area contributed by atoms with Gasteiger partial charge in [0.2, 0.25) is 0 Å². The average molecular weight is 382 g/mol. The number of benzene rings is 1. The van der Waals surface area contributed by atoms with Gasteiger partial charge in [0.1, 0.15) is 0 Å². The highest BCUT2D eigenvalue weighted by Crippen LogP contribution is 2.35. The lowest BCUT2D eigenvalue weighted by atomic mass is 9.90. The van der Waals surface area contributed by atoms with Gasteiger partial charge in [0, 0.05) is 29.8 Å². The number of nitrogens with one attached hydrogen (secondary N) is 1. The van der Waals surface area contributed by atoms with Gasteiger partial charge in [-0.15, -0.1) is 0 Å². The fourth-order valence-corrected chi connectivity index (χ4v) is 4.13. The molecule has 0 aromatic heterocycles. The zero-order valence-electron chi connectivity index (χ0n) is 12.3. The summed E-state index contributed by atoms with van der Waals surface area (Å²) in [5.41, 5.74) is 4.23. The highest BCUT2D eigenvalue weighted by molar-refractivity contribution is 14.1. The van der Waals surface area contributed by atoms with Crippen molar-refractivity contribution >= 4 is 34.4 Å². The van der Waals surface area contributed by atoms with Crippen molar-refractivity contribution in [2.45, 2.75) is 44.2 Å². The predicted molar refractivity (Wildman–Crippen MR) is 95.5 cm³/mol. The molecule has 0 aliphatic heterocycles. The van der Waals surface area contributed by atoms with E-state index in [-0.39, 0.29) is 0 Å². The lowest BCUT2D eigenvalue weighted by Crippen LogP contribution is -2.36. The van der Waals surface area contributed by atoms with Crippen LogP contribution in [-0.2, 0) is 6.42 Å². The lowest BCUT2D eigenvalue weighted by Gasteiger charge is -2.33.